The van der Waals surface area contributed by atoms with Crippen LogP contribution in [0, 0.1) is 18.3 Å². The monoisotopic (exact) mass is 167 g/mol. The second-order valence-electron chi connectivity index (χ2n) is 3.71. The molecular weight excluding hydrogens is 146 g/mol. The van der Waals surface area contributed by atoms with E-state index in [1.807, 2.05) is 7.05 Å². The van der Waals surface area contributed by atoms with Gasteiger partial charge < -0.3 is 5.32 Å². The SMILES string of the molecule is C#CCCCC(CC(C)C)NC. The van der Waals surface area contributed by atoms with Gasteiger partial charge in [0.2, 0.25) is 0 Å². The molecule has 0 saturated heterocycles. The molecule has 0 aromatic rings. The first kappa shape index (κ1) is 11.5. The molecule has 0 saturated carbocycles. The zero-order valence-corrected chi connectivity index (χ0v) is 8.56. The van der Waals surface area contributed by atoms with Crippen LogP contribution in [0.4, 0.5) is 0 Å². The van der Waals surface area contributed by atoms with E-state index in [9.17, 15) is 0 Å². The predicted octanol–water partition coefficient (Wildman–Crippen LogP) is 2.42. The van der Waals surface area contributed by atoms with Crippen molar-refractivity contribution >= 4 is 0 Å². The van der Waals surface area contributed by atoms with Gasteiger partial charge in [-0.15, -0.1) is 12.3 Å². The molecule has 0 aromatic carbocycles. The lowest BCUT2D eigenvalue weighted by Gasteiger charge is -2.17. The molecule has 1 unspecified atom stereocenters. The van der Waals surface area contributed by atoms with Crippen molar-refractivity contribution < 1.29 is 0 Å². The van der Waals surface area contributed by atoms with Crippen molar-refractivity contribution in [1.82, 2.24) is 5.32 Å². The Bertz CT molecular complexity index is 132. The summed E-state index contributed by atoms with van der Waals surface area (Å²) in [4.78, 5) is 0. The summed E-state index contributed by atoms with van der Waals surface area (Å²) in [6, 6.07) is 0.651. The number of hydrogen-bond acceptors (Lipinski definition) is 1. The Balaban J connectivity index is 3.47. The van der Waals surface area contributed by atoms with E-state index in [-0.39, 0.29) is 0 Å². The minimum atomic E-state index is 0.651. The average Bonchev–Trinajstić information content (AvgIpc) is 2.02. The fraction of sp³-hybridized carbons (Fsp3) is 0.818. The van der Waals surface area contributed by atoms with Crippen molar-refractivity contribution in [2.45, 2.75) is 45.6 Å². The fourth-order valence-electron chi connectivity index (χ4n) is 1.40. The summed E-state index contributed by atoms with van der Waals surface area (Å²) in [5.74, 6) is 3.44. The first-order chi connectivity index (χ1) is 5.70. The highest BCUT2D eigenvalue weighted by Crippen LogP contribution is 2.10. The fourth-order valence-corrected chi connectivity index (χ4v) is 1.40. The Morgan fingerprint density at radius 2 is 2.08 bits per heavy atom. The maximum absolute atomic E-state index is 5.19. The molecule has 70 valence electrons. The van der Waals surface area contributed by atoms with E-state index in [4.69, 9.17) is 6.42 Å². The van der Waals surface area contributed by atoms with Gasteiger partial charge in [-0.1, -0.05) is 13.8 Å². The van der Waals surface area contributed by atoms with E-state index >= 15 is 0 Å². The average molecular weight is 167 g/mol. The first-order valence-electron chi connectivity index (χ1n) is 4.81. The smallest absolute Gasteiger partial charge is 0.00866 e. The normalized spacial score (nSPS) is 12.9. The molecule has 0 aliphatic rings. The van der Waals surface area contributed by atoms with E-state index in [1.165, 1.54) is 12.8 Å². The summed E-state index contributed by atoms with van der Waals surface area (Å²) in [6.07, 6.45) is 9.71. The molecule has 0 amide bonds. The molecular formula is C11H21N. The Labute approximate surface area is 76.9 Å². The van der Waals surface area contributed by atoms with Crippen molar-refractivity contribution in [3.05, 3.63) is 0 Å². The third kappa shape index (κ3) is 6.24. The molecule has 0 bridgehead atoms. The summed E-state index contributed by atoms with van der Waals surface area (Å²) in [5, 5.41) is 3.32. The van der Waals surface area contributed by atoms with Crippen LogP contribution in [0.3, 0.4) is 0 Å². The second kappa shape index (κ2) is 7.18. The molecule has 0 aliphatic carbocycles. The topological polar surface area (TPSA) is 12.0 Å². The van der Waals surface area contributed by atoms with E-state index in [0.29, 0.717) is 6.04 Å². The van der Waals surface area contributed by atoms with Crippen LogP contribution in [-0.4, -0.2) is 13.1 Å². The molecule has 12 heavy (non-hydrogen) atoms. The lowest BCUT2D eigenvalue weighted by Crippen LogP contribution is -2.26. The zero-order chi connectivity index (χ0) is 9.40. The van der Waals surface area contributed by atoms with Crippen molar-refractivity contribution in [2.24, 2.45) is 5.92 Å². The lowest BCUT2D eigenvalue weighted by molar-refractivity contribution is 0.415. The first-order valence-corrected chi connectivity index (χ1v) is 4.81. The van der Waals surface area contributed by atoms with Gasteiger partial charge in [0.25, 0.3) is 0 Å². The standard InChI is InChI=1S/C11H21N/c1-5-6-7-8-11(12-4)9-10(2)3/h1,10-12H,6-9H2,2-4H3. The van der Waals surface area contributed by atoms with Gasteiger partial charge in [0.1, 0.15) is 0 Å². The van der Waals surface area contributed by atoms with Crippen LogP contribution in [0.5, 0.6) is 0 Å². The van der Waals surface area contributed by atoms with Gasteiger partial charge >= 0.3 is 0 Å². The highest BCUT2D eigenvalue weighted by atomic mass is 14.9. The van der Waals surface area contributed by atoms with Gasteiger partial charge in [-0.25, -0.2) is 0 Å². The van der Waals surface area contributed by atoms with E-state index in [2.05, 4.69) is 25.1 Å². The maximum atomic E-state index is 5.19. The van der Waals surface area contributed by atoms with Crippen molar-refractivity contribution in [2.75, 3.05) is 7.05 Å². The lowest BCUT2D eigenvalue weighted by atomic mass is 9.99. The largest absolute Gasteiger partial charge is 0.317 e. The Morgan fingerprint density at radius 1 is 1.42 bits per heavy atom. The molecule has 1 N–H and O–H groups in total. The van der Waals surface area contributed by atoms with Gasteiger partial charge in [-0.05, 0) is 32.2 Å². The van der Waals surface area contributed by atoms with Crippen LogP contribution in [0.25, 0.3) is 0 Å². The van der Waals surface area contributed by atoms with Crippen LogP contribution in [0.15, 0.2) is 0 Å². The summed E-state index contributed by atoms with van der Waals surface area (Å²) in [7, 11) is 2.03. The molecule has 1 heteroatoms. The number of nitrogens with one attached hydrogen (secondary N) is 1. The van der Waals surface area contributed by atoms with Gasteiger partial charge in [0.15, 0.2) is 0 Å². The predicted molar refractivity (Wildman–Crippen MR) is 55.0 cm³/mol. The molecule has 0 aliphatic heterocycles. The van der Waals surface area contributed by atoms with Crippen molar-refractivity contribution in [1.29, 1.82) is 0 Å². The summed E-state index contributed by atoms with van der Waals surface area (Å²) in [6.45, 7) is 4.51. The van der Waals surface area contributed by atoms with E-state index in [0.717, 1.165) is 18.8 Å². The third-order valence-corrected chi connectivity index (χ3v) is 2.04. The molecule has 0 heterocycles. The van der Waals surface area contributed by atoms with Crippen LogP contribution >= 0.6 is 0 Å². The summed E-state index contributed by atoms with van der Waals surface area (Å²) < 4.78 is 0. The molecule has 0 spiro atoms. The molecule has 0 fully saturated rings. The van der Waals surface area contributed by atoms with E-state index in [1.54, 1.807) is 0 Å². The van der Waals surface area contributed by atoms with Crippen LogP contribution < -0.4 is 5.32 Å². The quantitative estimate of drug-likeness (QED) is 0.473. The highest BCUT2D eigenvalue weighted by Gasteiger charge is 2.06. The number of hydrogen-bond donors (Lipinski definition) is 1. The van der Waals surface area contributed by atoms with Gasteiger partial charge in [-0.2, -0.15) is 0 Å². The molecule has 0 radical (unpaired) electrons. The third-order valence-electron chi connectivity index (χ3n) is 2.04. The Hall–Kier alpha value is -0.480. The maximum Gasteiger partial charge on any atom is 0.00866 e. The Morgan fingerprint density at radius 3 is 2.50 bits per heavy atom. The van der Waals surface area contributed by atoms with Crippen LogP contribution in [-0.2, 0) is 0 Å². The Kier molecular flexibility index (Phi) is 6.90. The molecule has 1 nitrogen and oxygen atoms in total. The van der Waals surface area contributed by atoms with Gasteiger partial charge in [0.05, 0.1) is 0 Å². The minimum absolute atomic E-state index is 0.651. The number of terminal acetylenes is 1. The van der Waals surface area contributed by atoms with Crippen LogP contribution in [0.1, 0.15) is 39.5 Å². The number of unbranched alkanes of at least 4 members (excludes halogenated alkanes) is 1. The summed E-state index contributed by atoms with van der Waals surface area (Å²) >= 11 is 0. The minimum Gasteiger partial charge on any atom is -0.317 e. The van der Waals surface area contributed by atoms with Crippen molar-refractivity contribution in [3.8, 4) is 12.3 Å². The second-order valence-corrected chi connectivity index (χ2v) is 3.71. The molecule has 0 rings (SSSR count). The molecule has 1 atom stereocenters. The van der Waals surface area contributed by atoms with Gasteiger partial charge in [-0.3, -0.25) is 0 Å². The van der Waals surface area contributed by atoms with E-state index < -0.39 is 0 Å². The van der Waals surface area contributed by atoms with Crippen molar-refractivity contribution in [3.63, 3.8) is 0 Å². The summed E-state index contributed by atoms with van der Waals surface area (Å²) in [5.41, 5.74) is 0. The molecule has 0 aromatic heterocycles. The number of rotatable bonds is 6. The zero-order valence-electron chi connectivity index (χ0n) is 8.56. The van der Waals surface area contributed by atoms with Gasteiger partial charge in [0, 0.05) is 12.5 Å². The highest BCUT2D eigenvalue weighted by molar-refractivity contribution is 4.83. The van der Waals surface area contributed by atoms with Crippen LogP contribution in [0.2, 0.25) is 0 Å².